The summed E-state index contributed by atoms with van der Waals surface area (Å²) in [6.45, 7) is 10.2. The second-order valence-electron chi connectivity index (χ2n) is 11.6. The minimum Gasteiger partial charge on any atom is -0.356 e. The largest absolute Gasteiger partial charge is 0.356 e. The lowest BCUT2D eigenvalue weighted by Crippen LogP contribution is -2.30. The van der Waals surface area contributed by atoms with Gasteiger partial charge in [-0.2, -0.15) is 4.39 Å². The number of hydrogen-bond acceptors (Lipinski definition) is 2. The van der Waals surface area contributed by atoms with E-state index in [9.17, 15) is 0 Å². The Hall–Kier alpha value is -1.98. The lowest BCUT2D eigenvalue weighted by molar-refractivity contribution is -0.0375. The van der Waals surface area contributed by atoms with E-state index >= 15 is 4.39 Å². The smallest absolute Gasteiger partial charge is 0.240 e. The Morgan fingerprint density at radius 1 is 1.00 bits per heavy atom. The first-order chi connectivity index (χ1) is 16.1. The molecule has 1 saturated heterocycles. The van der Waals surface area contributed by atoms with E-state index < -0.39 is 5.95 Å². The Bertz CT molecular complexity index is 1210. The summed E-state index contributed by atoms with van der Waals surface area (Å²) in [5, 5.41) is 4.83. The molecule has 2 aromatic carbocycles. The highest BCUT2D eigenvalue weighted by Gasteiger charge is 2.37. The van der Waals surface area contributed by atoms with Crippen LogP contribution < -0.4 is 0 Å². The molecule has 180 valence electrons. The van der Waals surface area contributed by atoms with Gasteiger partial charge < -0.3 is 4.74 Å². The van der Waals surface area contributed by atoms with Crippen molar-refractivity contribution in [1.82, 2.24) is 9.78 Å². The molecule has 2 heterocycles. The summed E-state index contributed by atoms with van der Waals surface area (Å²) in [6.07, 6.45) is 6.09. The molecule has 34 heavy (non-hydrogen) atoms. The first kappa shape index (κ1) is 23.7. The van der Waals surface area contributed by atoms with Crippen molar-refractivity contribution in [1.29, 1.82) is 0 Å². The van der Waals surface area contributed by atoms with Gasteiger partial charge in [-0.3, -0.25) is 0 Å². The third-order valence-corrected chi connectivity index (χ3v) is 7.73. The third kappa shape index (κ3) is 4.74. The number of rotatable bonds is 3. The highest BCUT2D eigenvalue weighted by Crippen LogP contribution is 2.51. The van der Waals surface area contributed by atoms with E-state index in [4.69, 9.17) is 4.74 Å². The topological polar surface area (TPSA) is 27.1 Å². The summed E-state index contributed by atoms with van der Waals surface area (Å²) in [5.41, 5.74) is 6.16. The lowest BCUT2D eigenvalue weighted by Gasteiger charge is -2.43. The van der Waals surface area contributed by atoms with Gasteiger partial charge in [0, 0.05) is 11.1 Å². The summed E-state index contributed by atoms with van der Waals surface area (Å²) in [7, 11) is 0. The number of ether oxygens (including phenoxy) is 1. The molecule has 1 aliphatic heterocycles. The van der Waals surface area contributed by atoms with Crippen molar-refractivity contribution in [2.75, 3.05) is 6.61 Å². The van der Waals surface area contributed by atoms with Crippen LogP contribution in [0.15, 0.2) is 52.5 Å². The van der Waals surface area contributed by atoms with Gasteiger partial charge in [-0.1, -0.05) is 67.4 Å². The molecule has 1 saturated carbocycles. The normalized spacial score (nSPS) is 22.2. The zero-order chi connectivity index (χ0) is 24.1. The Kier molecular flexibility index (Phi) is 6.22. The molecule has 0 spiro atoms. The predicted octanol–water partition coefficient (Wildman–Crippen LogP) is 8.68. The Labute approximate surface area is 210 Å². The van der Waals surface area contributed by atoms with Crippen LogP contribution in [0, 0.1) is 16.8 Å². The monoisotopic (exact) mass is 524 g/mol. The average Bonchev–Trinajstić information content (AvgIpc) is 3.10. The van der Waals surface area contributed by atoms with Gasteiger partial charge in [0.05, 0.1) is 10.9 Å². The van der Waals surface area contributed by atoms with E-state index in [0.29, 0.717) is 12.0 Å². The fourth-order valence-electron chi connectivity index (χ4n) is 6.40. The van der Waals surface area contributed by atoms with E-state index in [1.807, 2.05) is 12.1 Å². The van der Waals surface area contributed by atoms with Crippen molar-refractivity contribution in [3.8, 4) is 0 Å². The number of benzene rings is 2. The van der Waals surface area contributed by atoms with Crippen LogP contribution in [0.2, 0.25) is 0 Å². The van der Waals surface area contributed by atoms with Gasteiger partial charge in [-0.25, -0.2) is 4.68 Å². The summed E-state index contributed by atoms with van der Waals surface area (Å²) in [4.78, 5) is 0. The molecule has 1 atom stereocenters. The quantitative estimate of drug-likeness (QED) is 0.342. The van der Waals surface area contributed by atoms with Gasteiger partial charge in [0.25, 0.3) is 0 Å². The van der Waals surface area contributed by atoms with E-state index in [1.165, 1.54) is 23.1 Å². The fourth-order valence-corrected chi connectivity index (χ4v) is 6.67. The van der Waals surface area contributed by atoms with Crippen molar-refractivity contribution >= 4 is 32.4 Å². The van der Waals surface area contributed by atoms with Crippen LogP contribution in [0.3, 0.4) is 0 Å². The van der Waals surface area contributed by atoms with Crippen LogP contribution >= 0.6 is 15.9 Å². The average molecular weight is 526 g/mol. The standard InChI is InChI=1S/C29H34BrFN2O/c1-28(2)16-21(17-29(3,4)18-28)26(19-8-11-22(30)12-9-19)20-10-13-24-23(15-20)27(31)32-33(24)25-7-5-6-14-34-25/h8-13,15,25H,5-7,14,16-18H2,1-4H3. The fraction of sp³-hybridized carbons (Fsp3) is 0.483. The molecule has 5 heteroatoms. The van der Waals surface area contributed by atoms with Gasteiger partial charge in [0.15, 0.2) is 6.23 Å². The van der Waals surface area contributed by atoms with E-state index in [0.717, 1.165) is 47.7 Å². The van der Waals surface area contributed by atoms with Crippen LogP contribution in [-0.4, -0.2) is 16.4 Å². The Morgan fingerprint density at radius 3 is 2.32 bits per heavy atom. The number of hydrogen-bond donors (Lipinski definition) is 0. The van der Waals surface area contributed by atoms with Crippen LogP contribution in [0.4, 0.5) is 4.39 Å². The SMILES string of the molecule is CC1(C)CC(=C(c2ccc(Br)cc2)c2ccc3c(c2)c(F)nn3C2CCCCO2)CC(C)(C)C1. The van der Waals surface area contributed by atoms with E-state index in [2.05, 4.69) is 79.1 Å². The molecule has 1 aromatic heterocycles. The molecule has 2 fully saturated rings. The number of aromatic nitrogens is 2. The molecule has 1 aliphatic carbocycles. The molecule has 5 rings (SSSR count). The minimum absolute atomic E-state index is 0.184. The van der Waals surface area contributed by atoms with Crippen molar-refractivity contribution in [3.63, 3.8) is 0 Å². The molecule has 0 N–H and O–H groups in total. The van der Waals surface area contributed by atoms with E-state index in [1.54, 1.807) is 4.68 Å². The zero-order valence-electron chi connectivity index (χ0n) is 20.6. The maximum absolute atomic E-state index is 15.1. The summed E-state index contributed by atoms with van der Waals surface area (Å²) < 4.78 is 23.8. The first-order valence-electron chi connectivity index (χ1n) is 12.4. The molecular formula is C29H34BrFN2O. The van der Waals surface area contributed by atoms with Gasteiger partial charge in [0.2, 0.25) is 5.95 Å². The van der Waals surface area contributed by atoms with Crippen LogP contribution in [0.5, 0.6) is 0 Å². The molecule has 0 bridgehead atoms. The number of fused-ring (bicyclic) bond motifs is 1. The zero-order valence-corrected chi connectivity index (χ0v) is 22.2. The third-order valence-electron chi connectivity index (χ3n) is 7.21. The first-order valence-corrected chi connectivity index (χ1v) is 13.2. The van der Waals surface area contributed by atoms with E-state index in [-0.39, 0.29) is 17.1 Å². The minimum atomic E-state index is -0.421. The number of halogens is 2. The Morgan fingerprint density at radius 2 is 1.68 bits per heavy atom. The van der Waals surface area contributed by atoms with Crippen molar-refractivity contribution in [2.45, 2.75) is 72.4 Å². The molecule has 1 unspecified atom stereocenters. The summed E-state index contributed by atoms with van der Waals surface area (Å²) in [6, 6.07) is 14.7. The second kappa shape index (κ2) is 8.91. The maximum Gasteiger partial charge on any atom is 0.240 e. The van der Waals surface area contributed by atoms with Gasteiger partial charge >= 0.3 is 0 Å². The highest BCUT2D eigenvalue weighted by molar-refractivity contribution is 9.10. The molecule has 0 amide bonds. The molecule has 2 aliphatic rings. The van der Waals surface area contributed by atoms with Crippen LogP contribution in [0.25, 0.3) is 16.5 Å². The second-order valence-corrected chi connectivity index (χ2v) is 12.5. The number of allylic oxidation sites excluding steroid dienone is 1. The van der Waals surface area contributed by atoms with Crippen LogP contribution in [-0.2, 0) is 4.74 Å². The summed E-state index contributed by atoms with van der Waals surface area (Å²) in [5.74, 6) is -0.421. The van der Waals surface area contributed by atoms with Crippen molar-refractivity contribution < 1.29 is 9.13 Å². The van der Waals surface area contributed by atoms with Gasteiger partial charge in [-0.05, 0) is 90.3 Å². The molecule has 3 aromatic rings. The van der Waals surface area contributed by atoms with Gasteiger partial charge in [0.1, 0.15) is 0 Å². The lowest BCUT2D eigenvalue weighted by atomic mass is 9.62. The van der Waals surface area contributed by atoms with Gasteiger partial charge in [-0.15, -0.1) is 5.10 Å². The maximum atomic E-state index is 15.1. The summed E-state index contributed by atoms with van der Waals surface area (Å²) >= 11 is 3.58. The van der Waals surface area contributed by atoms with Crippen molar-refractivity contribution in [3.05, 3.63) is 69.6 Å². The number of nitrogens with zero attached hydrogens (tertiary/aromatic N) is 2. The molecule has 3 nitrogen and oxygen atoms in total. The highest BCUT2D eigenvalue weighted by atomic mass is 79.9. The van der Waals surface area contributed by atoms with Crippen LogP contribution in [0.1, 0.15) is 83.6 Å². The van der Waals surface area contributed by atoms with Crippen molar-refractivity contribution in [2.24, 2.45) is 10.8 Å². The predicted molar refractivity (Wildman–Crippen MR) is 140 cm³/mol. The molecular weight excluding hydrogens is 491 g/mol. The Balaban J connectivity index is 1.67. The molecule has 0 radical (unpaired) electrons.